The lowest BCUT2D eigenvalue weighted by Gasteiger charge is -2.46. The molecule has 1 aliphatic rings. The summed E-state index contributed by atoms with van der Waals surface area (Å²) in [4.78, 5) is 39.9. The third-order valence-corrected chi connectivity index (χ3v) is 7.20. The Morgan fingerprint density at radius 3 is 2.48 bits per heavy atom. The molecule has 0 fully saturated rings. The molecule has 0 saturated heterocycles. The first kappa shape index (κ1) is 29.1. The third-order valence-electron chi connectivity index (χ3n) is 6.95. The second-order valence-corrected chi connectivity index (χ2v) is 10.1. The number of rotatable bonds is 11. The Hall–Kier alpha value is -3.92. The topological polar surface area (TPSA) is 136 Å². The number of hydrogen-bond donors (Lipinski definition) is 4. The van der Waals surface area contributed by atoms with Crippen molar-refractivity contribution in [2.75, 3.05) is 19.8 Å². The highest BCUT2D eigenvalue weighted by Crippen LogP contribution is 2.44. The van der Waals surface area contributed by atoms with Crippen LogP contribution in [0.4, 0.5) is 0 Å². The molecular weight excluding hydrogens is 536 g/mol. The summed E-state index contributed by atoms with van der Waals surface area (Å²) in [6.45, 7) is 0.812. The lowest BCUT2D eigenvalue weighted by Crippen LogP contribution is -2.55. The largest absolute Gasteiger partial charge is 0.482 e. The van der Waals surface area contributed by atoms with Crippen LogP contribution >= 0.6 is 11.6 Å². The van der Waals surface area contributed by atoms with E-state index in [2.05, 4.69) is 5.32 Å². The van der Waals surface area contributed by atoms with Gasteiger partial charge in [0.15, 0.2) is 6.61 Å². The van der Waals surface area contributed by atoms with Crippen LogP contribution in [0, 0.1) is 0 Å². The van der Waals surface area contributed by atoms with Crippen molar-refractivity contribution in [1.29, 1.82) is 0 Å². The first-order chi connectivity index (χ1) is 19.2. The number of ether oxygens (including phenoxy) is 1. The number of aliphatic carboxylic acids is 1. The van der Waals surface area contributed by atoms with Crippen molar-refractivity contribution in [1.82, 2.24) is 10.2 Å². The molecule has 0 unspecified atom stereocenters. The number of carboxylic acids is 1. The van der Waals surface area contributed by atoms with E-state index in [1.807, 2.05) is 6.07 Å². The van der Waals surface area contributed by atoms with Crippen LogP contribution in [0.1, 0.15) is 45.9 Å². The minimum absolute atomic E-state index is 0.265. The zero-order chi connectivity index (χ0) is 28.8. The second-order valence-electron chi connectivity index (χ2n) is 9.64. The summed E-state index contributed by atoms with van der Waals surface area (Å²) in [6.07, 6.45) is -0.612. The smallest absolute Gasteiger partial charge is 0.341 e. The molecule has 2 amide bonds. The lowest BCUT2D eigenvalue weighted by atomic mass is 9.78. The first-order valence-electron chi connectivity index (χ1n) is 12.9. The summed E-state index contributed by atoms with van der Waals surface area (Å²) in [5, 5.41) is 33.0. The fraction of sp³-hybridized carbons (Fsp3) is 0.300. The van der Waals surface area contributed by atoms with E-state index in [-0.39, 0.29) is 12.5 Å². The number of halogens is 1. The Morgan fingerprint density at radius 2 is 1.80 bits per heavy atom. The van der Waals surface area contributed by atoms with Crippen molar-refractivity contribution in [3.05, 3.63) is 100 Å². The van der Waals surface area contributed by atoms with Crippen LogP contribution in [-0.2, 0) is 16.0 Å². The molecule has 3 aromatic rings. The molecule has 1 aliphatic heterocycles. The van der Waals surface area contributed by atoms with Gasteiger partial charge in [0, 0.05) is 17.1 Å². The number of nitrogens with zero attached hydrogens (tertiary/aromatic N) is 1. The molecule has 40 heavy (non-hydrogen) atoms. The Kier molecular flexibility index (Phi) is 9.42. The number of nitrogens with one attached hydrogen (secondary N) is 1. The van der Waals surface area contributed by atoms with Crippen molar-refractivity contribution in [2.45, 2.75) is 37.5 Å². The van der Waals surface area contributed by atoms with Gasteiger partial charge in [-0.1, -0.05) is 54.1 Å². The van der Waals surface area contributed by atoms with Crippen LogP contribution in [0.15, 0.2) is 72.8 Å². The molecule has 3 aromatic carbocycles. The summed E-state index contributed by atoms with van der Waals surface area (Å²) in [7, 11) is 0. The molecule has 4 rings (SSSR count). The standard InChI is InChI=1S/C30H31ClN2O7/c1-18(35)25(16-34)33-28(20-9-11-21(31)12-10-20)27(23-7-2-3-8-24(23)30(33)39)29(38)32-14-13-19-5-4-6-22(15-19)40-17-26(36)37/h2-12,15,18,25,27-28,34-35H,13-14,16-17H2,1H3,(H,32,38)(H,36,37)/t18-,25-,27-,28+/m0/s1. The zero-order valence-electron chi connectivity index (χ0n) is 21.9. The SMILES string of the molecule is C[C@H](O)[C@H](CO)N1C(=O)c2ccccc2[C@H](C(=O)NCCc2cccc(OCC(=O)O)c2)[C@H]1c1ccc(Cl)cc1. The van der Waals surface area contributed by atoms with E-state index >= 15 is 0 Å². The minimum Gasteiger partial charge on any atom is -0.482 e. The molecule has 0 radical (unpaired) electrons. The predicted molar refractivity (Wildman–Crippen MR) is 148 cm³/mol. The molecule has 9 nitrogen and oxygen atoms in total. The summed E-state index contributed by atoms with van der Waals surface area (Å²) in [6, 6.07) is 18.9. The lowest BCUT2D eigenvalue weighted by molar-refractivity contribution is -0.139. The van der Waals surface area contributed by atoms with Crippen molar-refractivity contribution in [3.8, 4) is 5.75 Å². The molecule has 0 spiro atoms. The zero-order valence-corrected chi connectivity index (χ0v) is 22.6. The normalized spacial score (nSPS) is 18.0. The highest BCUT2D eigenvalue weighted by Gasteiger charge is 2.47. The molecule has 0 bridgehead atoms. The van der Waals surface area contributed by atoms with Gasteiger partial charge in [0.25, 0.3) is 5.91 Å². The number of carbonyl (C=O) groups excluding carboxylic acids is 2. The van der Waals surface area contributed by atoms with Gasteiger partial charge >= 0.3 is 5.97 Å². The summed E-state index contributed by atoms with van der Waals surface area (Å²) in [5.74, 6) is -2.22. The molecule has 1 heterocycles. The fourth-order valence-electron chi connectivity index (χ4n) is 5.06. The van der Waals surface area contributed by atoms with E-state index in [4.69, 9.17) is 21.4 Å². The Labute approximate surface area is 237 Å². The van der Waals surface area contributed by atoms with Crippen molar-refractivity contribution in [3.63, 3.8) is 0 Å². The molecular formula is C30H31ClN2O7. The van der Waals surface area contributed by atoms with Crippen LogP contribution < -0.4 is 10.1 Å². The predicted octanol–water partition coefficient (Wildman–Crippen LogP) is 3.18. The van der Waals surface area contributed by atoms with Crippen LogP contribution in [0.2, 0.25) is 5.02 Å². The number of aliphatic hydroxyl groups is 2. The molecule has 4 N–H and O–H groups in total. The quantitative estimate of drug-likeness (QED) is 0.280. The minimum atomic E-state index is -1.08. The fourth-order valence-corrected chi connectivity index (χ4v) is 5.19. The average Bonchev–Trinajstić information content (AvgIpc) is 2.94. The van der Waals surface area contributed by atoms with Crippen LogP contribution in [0.3, 0.4) is 0 Å². The maximum atomic E-state index is 13.9. The van der Waals surface area contributed by atoms with E-state index in [0.29, 0.717) is 33.9 Å². The van der Waals surface area contributed by atoms with Gasteiger partial charge in [-0.15, -0.1) is 0 Å². The molecule has 0 saturated carbocycles. The molecule has 10 heteroatoms. The number of hydrogen-bond acceptors (Lipinski definition) is 6. The average molecular weight is 567 g/mol. The van der Waals surface area contributed by atoms with Crippen LogP contribution in [-0.4, -0.2) is 69.9 Å². The van der Waals surface area contributed by atoms with E-state index in [1.54, 1.807) is 66.7 Å². The van der Waals surface area contributed by atoms with Gasteiger partial charge in [-0.2, -0.15) is 0 Å². The number of carbonyl (C=O) groups is 3. The summed E-state index contributed by atoms with van der Waals surface area (Å²) >= 11 is 6.13. The van der Waals surface area contributed by atoms with Gasteiger partial charge < -0.3 is 30.3 Å². The molecule has 210 valence electrons. The number of benzene rings is 3. The third kappa shape index (κ3) is 6.44. The maximum Gasteiger partial charge on any atom is 0.341 e. The van der Waals surface area contributed by atoms with E-state index in [9.17, 15) is 24.6 Å². The van der Waals surface area contributed by atoms with Gasteiger partial charge in [0.2, 0.25) is 5.91 Å². The van der Waals surface area contributed by atoms with Crippen molar-refractivity contribution >= 4 is 29.4 Å². The Balaban J connectivity index is 1.65. The number of aliphatic hydroxyl groups excluding tert-OH is 2. The van der Waals surface area contributed by atoms with Crippen molar-refractivity contribution < 1.29 is 34.4 Å². The van der Waals surface area contributed by atoms with Gasteiger partial charge in [0.1, 0.15) is 5.75 Å². The summed E-state index contributed by atoms with van der Waals surface area (Å²) in [5.41, 5.74) is 2.35. The first-order valence-corrected chi connectivity index (χ1v) is 13.3. The van der Waals surface area contributed by atoms with Gasteiger partial charge in [-0.3, -0.25) is 9.59 Å². The van der Waals surface area contributed by atoms with E-state index < -0.39 is 49.2 Å². The van der Waals surface area contributed by atoms with E-state index in [1.165, 1.54) is 11.8 Å². The molecule has 0 aliphatic carbocycles. The highest BCUT2D eigenvalue weighted by molar-refractivity contribution is 6.30. The Morgan fingerprint density at radius 1 is 1.07 bits per heavy atom. The Bertz CT molecular complexity index is 1360. The van der Waals surface area contributed by atoms with Crippen LogP contribution in [0.25, 0.3) is 0 Å². The highest BCUT2D eigenvalue weighted by atomic mass is 35.5. The van der Waals surface area contributed by atoms with Crippen LogP contribution in [0.5, 0.6) is 5.75 Å². The second kappa shape index (κ2) is 13.0. The number of carboxylic acid groups (broad SMARTS) is 1. The number of fused-ring (bicyclic) bond motifs is 1. The van der Waals surface area contributed by atoms with E-state index in [0.717, 1.165) is 5.56 Å². The van der Waals surface area contributed by atoms with Gasteiger partial charge in [-0.25, -0.2) is 4.79 Å². The van der Waals surface area contributed by atoms with Gasteiger partial charge in [-0.05, 0) is 60.4 Å². The summed E-state index contributed by atoms with van der Waals surface area (Å²) < 4.78 is 5.24. The molecule has 0 aromatic heterocycles. The monoisotopic (exact) mass is 566 g/mol. The van der Waals surface area contributed by atoms with Gasteiger partial charge in [0.05, 0.1) is 30.7 Å². The van der Waals surface area contributed by atoms with Crippen molar-refractivity contribution in [2.24, 2.45) is 0 Å². The molecule has 4 atom stereocenters. The maximum absolute atomic E-state index is 13.9. The number of amides is 2.